The van der Waals surface area contributed by atoms with Crippen LogP contribution in [-0.4, -0.2) is 0 Å². The van der Waals surface area contributed by atoms with Crippen LogP contribution in [0.3, 0.4) is 0 Å². The molecular weight excluding hydrogens is 252 g/mol. The molecule has 0 bridgehead atoms. The molecule has 0 saturated heterocycles. The van der Waals surface area contributed by atoms with E-state index in [1.165, 1.54) is 27.8 Å². The summed E-state index contributed by atoms with van der Waals surface area (Å²) in [6.45, 7) is 2.10. The van der Waals surface area contributed by atoms with Crippen molar-refractivity contribution in [2.24, 2.45) is 0 Å². The molecule has 0 heteroatoms. The van der Waals surface area contributed by atoms with Gasteiger partial charge in [-0.3, -0.25) is 0 Å². The first-order valence-electron chi connectivity index (χ1n) is 7.26. The molecule has 0 aliphatic heterocycles. The summed E-state index contributed by atoms with van der Waals surface area (Å²) in [5.41, 5.74) is 6.33. The van der Waals surface area contributed by atoms with Gasteiger partial charge >= 0.3 is 0 Å². The van der Waals surface area contributed by atoms with Gasteiger partial charge < -0.3 is 0 Å². The smallest absolute Gasteiger partial charge is 0.0103 e. The van der Waals surface area contributed by atoms with E-state index in [9.17, 15) is 0 Å². The first-order valence-corrected chi connectivity index (χ1v) is 7.26. The molecule has 0 aliphatic carbocycles. The lowest BCUT2D eigenvalue weighted by Gasteiger charge is -2.13. The van der Waals surface area contributed by atoms with Crippen LogP contribution in [-0.2, 0) is 0 Å². The Hall–Kier alpha value is -2.60. The Morgan fingerprint density at radius 3 is 1.90 bits per heavy atom. The number of benzene rings is 3. The van der Waals surface area contributed by atoms with Crippen molar-refractivity contribution >= 4 is 5.57 Å². The highest BCUT2D eigenvalue weighted by Gasteiger charge is 2.09. The maximum atomic E-state index is 2.20. The van der Waals surface area contributed by atoms with Crippen LogP contribution in [0.1, 0.15) is 18.1 Å². The summed E-state index contributed by atoms with van der Waals surface area (Å²) in [4.78, 5) is 0. The number of hydrogen-bond acceptors (Lipinski definition) is 0. The quantitative estimate of drug-likeness (QED) is 0.563. The molecular formula is C21H18. The lowest BCUT2D eigenvalue weighted by atomic mass is 9.90. The topological polar surface area (TPSA) is 0 Å². The Kier molecular flexibility index (Phi) is 3.97. The number of allylic oxidation sites excluding steroid dienone is 1. The maximum Gasteiger partial charge on any atom is -0.0103 e. The fourth-order valence-corrected chi connectivity index (χ4v) is 2.68. The summed E-state index contributed by atoms with van der Waals surface area (Å²) in [6, 6.07) is 29.7. The van der Waals surface area contributed by atoms with E-state index < -0.39 is 0 Å². The van der Waals surface area contributed by atoms with Crippen LogP contribution in [0.5, 0.6) is 0 Å². The summed E-state index contributed by atoms with van der Waals surface area (Å²) >= 11 is 0. The average Bonchev–Trinajstić information content (AvgIpc) is 2.58. The van der Waals surface area contributed by atoms with Crippen molar-refractivity contribution in [3.05, 3.63) is 102 Å². The molecule has 0 saturated carbocycles. The predicted molar refractivity (Wildman–Crippen MR) is 91.1 cm³/mol. The minimum Gasteiger partial charge on any atom is -0.0792 e. The molecule has 21 heavy (non-hydrogen) atoms. The third kappa shape index (κ3) is 2.80. The maximum absolute atomic E-state index is 2.20. The molecule has 0 nitrogen and oxygen atoms in total. The van der Waals surface area contributed by atoms with E-state index in [1.807, 2.05) is 0 Å². The highest BCUT2D eigenvalue weighted by Crippen LogP contribution is 2.32. The Bertz CT molecular complexity index is 737. The van der Waals surface area contributed by atoms with Crippen LogP contribution in [0, 0.1) is 0 Å². The second-order valence-corrected chi connectivity index (χ2v) is 4.98. The molecule has 0 aromatic heterocycles. The van der Waals surface area contributed by atoms with E-state index in [1.54, 1.807) is 0 Å². The van der Waals surface area contributed by atoms with E-state index in [0.717, 1.165) is 0 Å². The molecule has 0 fully saturated rings. The zero-order chi connectivity index (χ0) is 14.5. The van der Waals surface area contributed by atoms with Crippen molar-refractivity contribution in [2.75, 3.05) is 0 Å². The fraction of sp³-hybridized carbons (Fsp3) is 0.0476. The van der Waals surface area contributed by atoms with Crippen LogP contribution in [0.15, 0.2) is 91.0 Å². The molecule has 0 heterocycles. The van der Waals surface area contributed by atoms with Crippen LogP contribution < -0.4 is 0 Å². The van der Waals surface area contributed by atoms with Crippen LogP contribution in [0.25, 0.3) is 16.7 Å². The van der Waals surface area contributed by atoms with Crippen molar-refractivity contribution in [1.29, 1.82) is 0 Å². The highest BCUT2D eigenvalue weighted by molar-refractivity contribution is 5.88. The molecule has 0 aliphatic rings. The lowest BCUT2D eigenvalue weighted by molar-refractivity contribution is 1.51. The molecule has 3 rings (SSSR count). The van der Waals surface area contributed by atoms with Gasteiger partial charge in [0.1, 0.15) is 0 Å². The minimum atomic E-state index is 1.25. The molecule has 0 unspecified atom stereocenters. The van der Waals surface area contributed by atoms with Gasteiger partial charge in [-0.05, 0) is 34.8 Å². The van der Waals surface area contributed by atoms with Crippen LogP contribution >= 0.6 is 0 Å². The molecule has 0 radical (unpaired) electrons. The van der Waals surface area contributed by atoms with Crippen molar-refractivity contribution < 1.29 is 0 Å². The summed E-state index contributed by atoms with van der Waals surface area (Å²) in [7, 11) is 0. The molecule has 0 N–H and O–H groups in total. The van der Waals surface area contributed by atoms with Crippen molar-refractivity contribution in [3.8, 4) is 11.1 Å². The molecule has 0 spiro atoms. The summed E-state index contributed by atoms with van der Waals surface area (Å²) in [5.74, 6) is 0. The monoisotopic (exact) mass is 270 g/mol. The Morgan fingerprint density at radius 2 is 1.24 bits per heavy atom. The zero-order valence-corrected chi connectivity index (χ0v) is 12.2. The van der Waals surface area contributed by atoms with Gasteiger partial charge in [0.2, 0.25) is 0 Å². The zero-order valence-electron chi connectivity index (χ0n) is 12.2. The Labute approximate surface area is 126 Å². The third-order valence-electron chi connectivity index (χ3n) is 3.68. The van der Waals surface area contributed by atoms with E-state index in [-0.39, 0.29) is 0 Å². The normalized spacial score (nSPS) is 11.4. The minimum absolute atomic E-state index is 1.25. The Morgan fingerprint density at radius 1 is 0.667 bits per heavy atom. The number of hydrogen-bond donors (Lipinski definition) is 0. The molecule has 3 aromatic carbocycles. The molecule has 0 atom stereocenters. The van der Waals surface area contributed by atoms with Gasteiger partial charge in [-0.25, -0.2) is 0 Å². The van der Waals surface area contributed by atoms with Crippen LogP contribution in [0.2, 0.25) is 0 Å². The second-order valence-electron chi connectivity index (χ2n) is 4.98. The van der Waals surface area contributed by atoms with Crippen LogP contribution in [0.4, 0.5) is 0 Å². The second kappa shape index (κ2) is 6.23. The molecule has 3 aromatic rings. The van der Waals surface area contributed by atoms with Gasteiger partial charge in [0.05, 0.1) is 0 Å². The van der Waals surface area contributed by atoms with E-state index in [4.69, 9.17) is 0 Å². The first-order chi connectivity index (χ1) is 10.4. The van der Waals surface area contributed by atoms with Gasteiger partial charge in [-0.2, -0.15) is 0 Å². The summed E-state index contributed by atoms with van der Waals surface area (Å²) < 4.78 is 0. The molecule has 102 valence electrons. The first kappa shape index (κ1) is 13.4. The van der Waals surface area contributed by atoms with Gasteiger partial charge in [0.25, 0.3) is 0 Å². The largest absolute Gasteiger partial charge is 0.0792 e. The van der Waals surface area contributed by atoms with Gasteiger partial charge in [-0.15, -0.1) is 0 Å². The van der Waals surface area contributed by atoms with E-state index >= 15 is 0 Å². The number of rotatable bonds is 3. The van der Waals surface area contributed by atoms with E-state index in [0.29, 0.717) is 0 Å². The van der Waals surface area contributed by atoms with Gasteiger partial charge in [0.15, 0.2) is 0 Å². The van der Waals surface area contributed by atoms with Gasteiger partial charge in [0, 0.05) is 0 Å². The van der Waals surface area contributed by atoms with E-state index in [2.05, 4.69) is 97.9 Å². The predicted octanol–water partition coefficient (Wildman–Crippen LogP) is 5.81. The fourth-order valence-electron chi connectivity index (χ4n) is 2.68. The lowest BCUT2D eigenvalue weighted by Crippen LogP contribution is -1.91. The van der Waals surface area contributed by atoms with Crippen molar-refractivity contribution in [3.63, 3.8) is 0 Å². The average molecular weight is 270 g/mol. The summed E-state index contributed by atoms with van der Waals surface area (Å²) in [5, 5.41) is 0. The highest BCUT2D eigenvalue weighted by atomic mass is 14.1. The SMILES string of the molecule is C/C=C(\c1ccccc1)c1ccccc1-c1ccccc1. The molecule has 0 amide bonds. The Balaban J connectivity index is 2.15. The summed E-state index contributed by atoms with van der Waals surface area (Å²) in [6.07, 6.45) is 2.19. The third-order valence-corrected chi connectivity index (χ3v) is 3.68. The van der Waals surface area contributed by atoms with Crippen molar-refractivity contribution in [2.45, 2.75) is 6.92 Å². The van der Waals surface area contributed by atoms with Gasteiger partial charge in [-0.1, -0.05) is 91.0 Å². The van der Waals surface area contributed by atoms with Crippen molar-refractivity contribution in [1.82, 2.24) is 0 Å². The standard InChI is InChI=1S/C21H18/c1-2-19(17-11-5-3-6-12-17)21-16-10-9-15-20(21)18-13-7-4-8-14-18/h2-16H,1H3/b19-2+.